The molecule has 6 nitrogen and oxygen atoms in total. The molecule has 3 aromatic rings. The Morgan fingerprint density at radius 3 is 2.87 bits per heavy atom. The first-order chi connectivity index (χ1) is 15.1. The quantitative estimate of drug-likeness (QED) is 0.396. The zero-order valence-electron chi connectivity index (χ0n) is 16.8. The summed E-state index contributed by atoms with van der Waals surface area (Å²) in [4.78, 5) is 20.4. The maximum Gasteiger partial charge on any atom is 0.247 e. The van der Waals surface area contributed by atoms with E-state index in [0.717, 1.165) is 46.4 Å². The normalized spacial score (nSPS) is 14.1. The minimum atomic E-state index is -0.453. The van der Waals surface area contributed by atoms with Crippen molar-refractivity contribution in [3.63, 3.8) is 0 Å². The van der Waals surface area contributed by atoms with Crippen LogP contribution in [-0.4, -0.2) is 35.2 Å². The zero-order chi connectivity index (χ0) is 21.6. The third kappa shape index (κ3) is 5.51. The number of hydrogen-bond acceptors (Lipinski definition) is 7. The van der Waals surface area contributed by atoms with Crippen molar-refractivity contribution in [1.29, 1.82) is 0 Å². The van der Waals surface area contributed by atoms with Gasteiger partial charge >= 0.3 is 0 Å². The summed E-state index contributed by atoms with van der Waals surface area (Å²) >= 11 is 9.16. The highest BCUT2D eigenvalue weighted by Crippen LogP contribution is 2.32. The van der Waals surface area contributed by atoms with Crippen molar-refractivity contribution in [3.05, 3.63) is 64.6 Å². The topological polar surface area (TPSA) is 77.5 Å². The predicted molar refractivity (Wildman–Crippen MR) is 129 cm³/mol. The Balaban J connectivity index is 1.43. The van der Waals surface area contributed by atoms with E-state index in [1.54, 1.807) is 6.20 Å². The van der Waals surface area contributed by atoms with Crippen LogP contribution >= 0.6 is 34.9 Å². The van der Waals surface area contributed by atoms with Crippen molar-refractivity contribution in [1.82, 2.24) is 4.98 Å². The molecule has 31 heavy (non-hydrogen) atoms. The lowest BCUT2D eigenvalue weighted by Crippen LogP contribution is -2.47. The first-order valence-corrected chi connectivity index (χ1v) is 12.1. The maximum absolute atomic E-state index is 13.1. The summed E-state index contributed by atoms with van der Waals surface area (Å²) in [5.41, 5.74) is 2.88. The van der Waals surface area contributed by atoms with Gasteiger partial charge in [0, 0.05) is 46.0 Å². The van der Waals surface area contributed by atoms with E-state index in [1.165, 1.54) is 23.3 Å². The number of halogens is 1. The van der Waals surface area contributed by atoms with Gasteiger partial charge in [-0.3, -0.25) is 4.79 Å². The Hall–Kier alpha value is -2.26. The number of carbonyl (C=O) groups excluding carboxylic acids is 1. The number of anilines is 3. The molecule has 0 saturated heterocycles. The van der Waals surface area contributed by atoms with E-state index >= 15 is 0 Å². The molecule has 1 aliphatic heterocycles. The van der Waals surface area contributed by atoms with Crippen molar-refractivity contribution in [3.8, 4) is 0 Å². The van der Waals surface area contributed by atoms with Crippen molar-refractivity contribution in [2.24, 2.45) is 0 Å². The number of hydrogen-bond donors (Lipinski definition) is 3. The predicted octanol–water partition coefficient (Wildman–Crippen LogP) is 5.06. The Kier molecular flexibility index (Phi) is 7.34. The Labute approximate surface area is 194 Å². The van der Waals surface area contributed by atoms with Gasteiger partial charge in [-0.05, 0) is 79.2 Å². The molecule has 2 aromatic carbocycles. The van der Waals surface area contributed by atoms with Crippen molar-refractivity contribution in [2.45, 2.75) is 30.2 Å². The molecule has 4 rings (SSSR count). The van der Waals surface area contributed by atoms with Crippen LogP contribution in [0.15, 0.2) is 58.9 Å². The van der Waals surface area contributed by atoms with Crippen molar-refractivity contribution < 1.29 is 9.90 Å². The molecule has 0 aliphatic carbocycles. The second-order valence-corrected chi connectivity index (χ2v) is 9.36. The first kappa shape index (κ1) is 22.0. The number of aryl methyl sites for hydroxylation is 1. The van der Waals surface area contributed by atoms with E-state index in [9.17, 15) is 9.90 Å². The Morgan fingerprint density at radius 1 is 1.29 bits per heavy atom. The minimum Gasteiger partial charge on any atom is -0.396 e. The van der Waals surface area contributed by atoms with E-state index in [2.05, 4.69) is 19.9 Å². The third-order valence-corrected chi connectivity index (χ3v) is 6.94. The van der Waals surface area contributed by atoms with Crippen LogP contribution in [0.2, 0.25) is 5.02 Å². The highest BCUT2D eigenvalue weighted by molar-refractivity contribution is 8.00. The molecule has 162 valence electrons. The largest absolute Gasteiger partial charge is 0.396 e. The monoisotopic (exact) mass is 474 g/mol. The third-order valence-electron chi connectivity index (χ3n) is 5.09. The summed E-state index contributed by atoms with van der Waals surface area (Å²) in [5, 5.41) is 16.1. The SMILES string of the molecule is O=C(Nc1ccc(SNc2nccs2)cc1)C(CCO)N1CCCc2cc(Cl)ccc21. The van der Waals surface area contributed by atoms with Crippen LogP contribution in [0.4, 0.5) is 16.5 Å². The number of thiazole rings is 1. The van der Waals surface area contributed by atoms with Gasteiger partial charge in [0.25, 0.3) is 0 Å². The number of rotatable bonds is 8. The fourth-order valence-electron chi connectivity index (χ4n) is 3.68. The van der Waals surface area contributed by atoms with Crippen molar-refractivity contribution >= 4 is 57.3 Å². The summed E-state index contributed by atoms with van der Waals surface area (Å²) in [5.74, 6) is -0.127. The number of amides is 1. The molecule has 9 heteroatoms. The van der Waals surface area contributed by atoms with E-state index in [0.29, 0.717) is 11.4 Å². The van der Waals surface area contributed by atoms with E-state index in [1.807, 2.05) is 47.8 Å². The van der Waals surface area contributed by atoms with Gasteiger partial charge in [0.15, 0.2) is 5.13 Å². The number of aromatic nitrogens is 1. The number of carbonyl (C=O) groups is 1. The molecule has 3 N–H and O–H groups in total. The summed E-state index contributed by atoms with van der Waals surface area (Å²) < 4.78 is 3.19. The Morgan fingerprint density at radius 2 is 2.13 bits per heavy atom. The number of aliphatic hydroxyl groups is 1. The number of aliphatic hydroxyl groups excluding tert-OH is 1. The average Bonchev–Trinajstić information content (AvgIpc) is 3.30. The smallest absolute Gasteiger partial charge is 0.247 e. The van der Waals surface area contributed by atoms with Gasteiger partial charge in [-0.1, -0.05) is 11.6 Å². The van der Waals surface area contributed by atoms with Crippen LogP contribution < -0.4 is 14.9 Å². The van der Waals surface area contributed by atoms with Crippen LogP contribution in [0.1, 0.15) is 18.4 Å². The van der Waals surface area contributed by atoms with Crippen LogP contribution in [0, 0.1) is 0 Å². The fourth-order valence-corrected chi connectivity index (χ4v) is 5.09. The second kappa shape index (κ2) is 10.4. The number of benzene rings is 2. The van der Waals surface area contributed by atoms with Gasteiger partial charge in [0.1, 0.15) is 6.04 Å². The molecular formula is C22H23ClN4O2S2. The number of fused-ring (bicyclic) bond motifs is 1. The highest BCUT2D eigenvalue weighted by atomic mass is 35.5. The van der Waals surface area contributed by atoms with Crippen LogP contribution in [0.5, 0.6) is 0 Å². The summed E-state index contributed by atoms with van der Waals surface area (Å²) in [6, 6.07) is 13.0. The van der Waals surface area contributed by atoms with E-state index in [4.69, 9.17) is 11.6 Å². The molecule has 1 amide bonds. The fraction of sp³-hybridized carbons (Fsp3) is 0.273. The van der Waals surface area contributed by atoms with Crippen molar-refractivity contribution in [2.75, 3.05) is 28.1 Å². The molecule has 0 bridgehead atoms. The molecule has 0 fully saturated rings. The number of nitrogens with zero attached hydrogens (tertiary/aromatic N) is 2. The average molecular weight is 475 g/mol. The van der Waals surface area contributed by atoms with Crippen LogP contribution in [-0.2, 0) is 11.2 Å². The van der Waals surface area contributed by atoms with Gasteiger partial charge in [-0.15, -0.1) is 11.3 Å². The number of nitrogens with one attached hydrogen (secondary N) is 2. The molecule has 0 saturated carbocycles. The summed E-state index contributed by atoms with van der Waals surface area (Å²) in [6.45, 7) is 0.709. The molecule has 1 aliphatic rings. The van der Waals surface area contributed by atoms with Gasteiger partial charge in [-0.25, -0.2) is 4.98 Å². The van der Waals surface area contributed by atoms with Gasteiger partial charge in [0.05, 0.1) is 0 Å². The standard InChI is InChI=1S/C22H23ClN4O2S2/c23-16-3-8-19-15(14-16)2-1-11-27(19)20(9-12-28)21(29)25-17-4-6-18(7-5-17)31-26-22-24-10-13-30-22/h3-8,10,13-14,20,28H,1-2,9,11-12H2,(H,24,26)(H,25,29). The summed E-state index contributed by atoms with van der Waals surface area (Å²) in [6.07, 6.45) is 4.00. The molecule has 1 aromatic heterocycles. The van der Waals surface area contributed by atoms with Crippen LogP contribution in [0.3, 0.4) is 0 Å². The first-order valence-electron chi connectivity index (χ1n) is 10.0. The van der Waals surface area contributed by atoms with Gasteiger partial charge in [0.2, 0.25) is 5.91 Å². The minimum absolute atomic E-state index is 0.0600. The molecule has 2 heterocycles. The summed E-state index contributed by atoms with van der Waals surface area (Å²) in [7, 11) is 0. The molecule has 0 spiro atoms. The molecule has 1 unspecified atom stereocenters. The lowest BCUT2D eigenvalue weighted by atomic mass is 9.98. The zero-order valence-corrected chi connectivity index (χ0v) is 19.1. The Bertz CT molecular complexity index is 1010. The van der Waals surface area contributed by atoms with Crippen LogP contribution in [0.25, 0.3) is 0 Å². The second-order valence-electron chi connectivity index (χ2n) is 7.15. The highest BCUT2D eigenvalue weighted by Gasteiger charge is 2.29. The van der Waals surface area contributed by atoms with Gasteiger partial charge < -0.3 is 20.0 Å². The lowest BCUT2D eigenvalue weighted by molar-refractivity contribution is -0.117. The molecular weight excluding hydrogens is 452 g/mol. The molecule has 0 radical (unpaired) electrons. The van der Waals surface area contributed by atoms with E-state index < -0.39 is 6.04 Å². The lowest BCUT2D eigenvalue weighted by Gasteiger charge is -2.37. The van der Waals surface area contributed by atoms with Gasteiger partial charge in [-0.2, -0.15) is 0 Å². The van der Waals surface area contributed by atoms with E-state index in [-0.39, 0.29) is 12.5 Å². The molecule has 1 atom stereocenters. The maximum atomic E-state index is 13.1.